The highest BCUT2D eigenvalue weighted by Gasteiger charge is 2.13. The largest absolute Gasteiger partial charge is 0.465 e. The average molecular weight is 404 g/mol. The summed E-state index contributed by atoms with van der Waals surface area (Å²) in [6.07, 6.45) is 0.641. The van der Waals surface area contributed by atoms with E-state index in [0.29, 0.717) is 28.5 Å². The van der Waals surface area contributed by atoms with Gasteiger partial charge in [0.2, 0.25) is 5.95 Å². The van der Waals surface area contributed by atoms with Gasteiger partial charge >= 0.3 is 5.97 Å². The number of benzene rings is 3. The first kappa shape index (κ1) is 18.9. The van der Waals surface area contributed by atoms with Crippen LogP contribution in [0.1, 0.15) is 21.6 Å². The lowest BCUT2D eigenvalue weighted by molar-refractivity contribution is 0.0601. The van der Waals surface area contributed by atoms with Crippen molar-refractivity contribution in [2.45, 2.75) is 6.42 Å². The molecule has 0 fully saturated rings. The fraction of sp³-hybridized carbons (Fsp3) is 0.0870. The highest BCUT2D eigenvalue weighted by molar-refractivity contribution is 6.30. The molecule has 29 heavy (non-hydrogen) atoms. The zero-order valence-corrected chi connectivity index (χ0v) is 16.5. The quantitative estimate of drug-likeness (QED) is 0.452. The molecule has 0 aliphatic rings. The van der Waals surface area contributed by atoms with E-state index >= 15 is 0 Å². The van der Waals surface area contributed by atoms with Crippen LogP contribution < -0.4 is 5.32 Å². The first-order chi connectivity index (χ1) is 14.1. The van der Waals surface area contributed by atoms with Gasteiger partial charge in [0.15, 0.2) is 0 Å². The van der Waals surface area contributed by atoms with E-state index in [2.05, 4.69) is 22.4 Å². The fourth-order valence-corrected chi connectivity index (χ4v) is 3.31. The second-order valence-corrected chi connectivity index (χ2v) is 6.95. The number of anilines is 2. The van der Waals surface area contributed by atoms with Crippen molar-refractivity contribution < 1.29 is 9.53 Å². The molecule has 1 aromatic heterocycles. The van der Waals surface area contributed by atoms with Crippen molar-refractivity contribution in [3.63, 3.8) is 0 Å². The molecule has 3 aromatic carbocycles. The predicted molar refractivity (Wildman–Crippen MR) is 115 cm³/mol. The number of hydrogen-bond donors (Lipinski definition) is 1. The number of esters is 1. The maximum absolute atomic E-state index is 12.0. The second-order valence-electron chi connectivity index (χ2n) is 6.52. The highest BCUT2D eigenvalue weighted by Crippen LogP contribution is 2.24. The molecule has 0 radical (unpaired) electrons. The number of aromatic nitrogens is 2. The zero-order valence-electron chi connectivity index (χ0n) is 15.7. The van der Waals surface area contributed by atoms with Crippen LogP contribution in [0.15, 0.2) is 72.8 Å². The smallest absolute Gasteiger partial charge is 0.337 e. The Morgan fingerprint density at radius 1 is 1.00 bits per heavy atom. The molecule has 4 rings (SSSR count). The zero-order chi connectivity index (χ0) is 20.2. The molecule has 0 atom stereocenters. The standard InChI is InChI=1S/C23H18ClN3O2/c1-29-22(28)16-10-11-19-20(12-15-6-3-2-4-7-15)26-23(27-21(19)13-16)25-18-9-5-8-17(24)14-18/h2-11,13-14H,12H2,1H3,(H,25,26,27). The van der Waals surface area contributed by atoms with Gasteiger partial charge in [0.05, 0.1) is 23.9 Å². The van der Waals surface area contributed by atoms with Crippen molar-refractivity contribution >= 4 is 40.1 Å². The van der Waals surface area contributed by atoms with Gasteiger partial charge in [0.1, 0.15) is 0 Å². The van der Waals surface area contributed by atoms with Gasteiger partial charge < -0.3 is 10.1 Å². The van der Waals surface area contributed by atoms with E-state index < -0.39 is 5.97 Å². The summed E-state index contributed by atoms with van der Waals surface area (Å²) in [5, 5.41) is 4.71. The Morgan fingerprint density at radius 2 is 1.83 bits per heavy atom. The Kier molecular flexibility index (Phi) is 5.40. The molecule has 0 unspecified atom stereocenters. The Bertz CT molecular complexity index is 1180. The summed E-state index contributed by atoms with van der Waals surface area (Å²) in [6.45, 7) is 0. The third kappa shape index (κ3) is 4.36. The SMILES string of the molecule is COC(=O)c1ccc2c(Cc3ccccc3)nc(Nc3cccc(Cl)c3)nc2c1. The first-order valence-electron chi connectivity index (χ1n) is 9.08. The van der Waals surface area contributed by atoms with Gasteiger partial charge in [-0.25, -0.2) is 14.8 Å². The molecule has 0 saturated heterocycles. The number of rotatable bonds is 5. The van der Waals surface area contributed by atoms with Crippen LogP contribution in [0.4, 0.5) is 11.6 Å². The molecule has 1 N–H and O–H groups in total. The Hall–Kier alpha value is -3.44. The lowest BCUT2D eigenvalue weighted by Gasteiger charge is -2.11. The molecule has 0 spiro atoms. The van der Waals surface area contributed by atoms with Crippen molar-refractivity contribution in [2.75, 3.05) is 12.4 Å². The van der Waals surface area contributed by atoms with Gasteiger partial charge in [-0.05, 0) is 35.9 Å². The molecule has 4 aromatic rings. The summed E-state index contributed by atoms with van der Waals surface area (Å²) in [5.41, 5.74) is 3.89. The molecule has 1 heterocycles. The molecular formula is C23H18ClN3O2. The van der Waals surface area contributed by atoms with Gasteiger partial charge in [-0.2, -0.15) is 0 Å². The molecule has 144 valence electrons. The molecule has 0 amide bonds. The number of nitrogens with one attached hydrogen (secondary N) is 1. The van der Waals surface area contributed by atoms with Crippen LogP contribution in [0.3, 0.4) is 0 Å². The summed E-state index contributed by atoms with van der Waals surface area (Å²) < 4.78 is 4.84. The summed E-state index contributed by atoms with van der Waals surface area (Å²) >= 11 is 6.08. The van der Waals surface area contributed by atoms with Gasteiger partial charge in [0.25, 0.3) is 0 Å². The number of ether oxygens (including phenoxy) is 1. The number of halogens is 1. The molecule has 6 heteroatoms. The maximum Gasteiger partial charge on any atom is 0.337 e. The third-order valence-corrected chi connectivity index (χ3v) is 4.73. The minimum atomic E-state index is -0.403. The average Bonchev–Trinajstić information content (AvgIpc) is 2.73. The van der Waals surface area contributed by atoms with Gasteiger partial charge in [0, 0.05) is 22.5 Å². The molecule has 0 aliphatic carbocycles. The third-order valence-electron chi connectivity index (χ3n) is 4.49. The minimum Gasteiger partial charge on any atom is -0.465 e. The van der Waals surface area contributed by atoms with Crippen molar-refractivity contribution in [1.82, 2.24) is 9.97 Å². The van der Waals surface area contributed by atoms with E-state index in [1.807, 2.05) is 36.4 Å². The molecule has 0 saturated carbocycles. The van der Waals surface area contributed by atoms with Crippen LogP contribution in [0.25, 0.3) is 10.9 Å². The van der Waals surface area contributed by atoms with E-state index in [0.717, 1.165) is 22.3 Å². The van der Waals surface area contributed by atoms with E-state index in [-0.39, 0.29) is 0 Å². The topological polar surface area (TPSA) is 64.1 Å². The number of carbonyl (C=O) groups is 1. The number of methoxy groups -OCH3 is 1. The summed E-state index contributed by atoms with van der Waals surface area (Å²) in [4.78, 5) is 21.3. The predicted octanol–water partition coefficient (Wildman–Crippen LogP) is 5.40. The normalized spacial score (nSPS) is 10.7. The van der Waals surface area contributed by atoms with E-state index in [1.54, 1.807) is 24.3 Å². The summed E-state index contributed by atoms with van der Waals surface area (Å²) in [6, 6.07) is 22.8. The van der Waals surface area contributed by atoms with Crippen molar-refractivity contribution in [3.8, 4) is 0 Å². The molecular weight excluding hydrogens is 386 g/mol. The van der Waals surface area contributed by atoms with Gasteiger partial charge in [-0.3, -0.25) is 0 Å². The van der Waals surface area contributed by atoms with Crippen LogP contribution in [-0.4, -0.2) is 23.0 Å². The first-order valence-corrected chi connectivity index (χ1v) is 9.46. The van der Waals surface area contributed by atoms with Crippen LogP contribution in [0.2, 0.25) is 5.02 Å². The van der Waals surface area contributed by atoms with E-state index in [4.69, 9.17) is 21.3 Å². The lowest BCUT2D eigenvalue weighted by atomic mass is 10.0. The number of hydrogen-bond acceptors (Lipinski definition) is 5. The molecule has 0 aliphatic heterocycles. The second kappa shape index (κ2) is 8.29. The molecule has 5 nitrogen and oxygen atoms in total. The minimum absolute atomic E-state index is 0.403. The monoisotopic (exact) mass is 403 g/mol. The summed E-state index contributed by atoms with van der Waals surface area (Å²) in [7, 11) is 1.36. The highest BCUT2D eigenvalue weighted by atomic mass is 35.5. The maximum atomic E-state index is 12.0. The summed E-state index contributed by atoms with van der Waals surface area (Å²) in [5.74, 6) is 0.0344. The van der Waals surface area contributed by atoms with Crippen LogP contribution in [0.5, 0.6) is 0 Å². The van der Waals surface area contributed by atoms with Gasteiger partial charge in [-0.15, -0.1) is 0 Å². The van der Waals surface area contributed by atoms with E-state index in [1.165, 1.54) is 7.11 Å². The van der Waals surface area contributed by atoms with Crippen molar-refractivity contribution in [2.24, 2.45) is 0 Å². The van der Waals surface area contributed by atoms with Crippen molar-refractivity contribution in [1.29, 1.82) is 0 Å². The Labute approximate surface area is 173 Å². The number of fused-ring (bicyclic) bond motifs is 1. The number of nitrogens with zero attached hydrogens (tertiary/aromatic N) is 2. The lowest BCUT2D eigenvalue weighted by Crippen LogP contribution is -2.05. The van der Waals surface area contributed by atoms with Crippen LogP contribution in [-0.2, 0) is 11.2 Å². The fourth-order valence-electron chi connectivity index (χ4n) is 3.12. The van der Waals surface area contributed by atoms with Crippen molar-refractivity contribution in [3.05, 3.63) is 94.6 Å². The van der Waals surface area contributed by atoms with Crippen LogP contribution in [0, 0.1) is 0 Å². The Morgan fingerprint density at radius 3 is 2.59 bits per heavy atom. The number of carbonyl (C=O) groups excluding carboxylic acids is 1. The van der Waals surface area contributed by atoms with E-state index in [9.17, 15) is 4.79 Å². The molecule has 0 bridgehead atoms. The Balaban J connectivity index is 1.80. The van der Waals surface area contributed by atoms with Crippen LogP contribution >= 0.6 is 11.6 Å². The van der Waals surface area contributed by atoms with Gasteiger partial charge in [-0.1, -0.05) is 54.1 Å².